The van der Waals surface area contributed by atoms with E-state index in [4.69, 9.17) is 11.6 Å². The number of benzene rings is 2. The number of carbonyl (C=O) groups is 2. The average Bonchev–Trinajstić information content (AvgIpc) is 2.98. The maximum Gasteiger partial charge on any atom is 0.295 e. The Hall–Kier alpha value is -3.23. The van der Waals surface area contributed by atoms with Crippen LogP contribution in [0.1, 0.15) is 23.6 Å². The van der Waals surface area contributed by atoms with Gasteiger partial charge in [0.05, 0.1) is 16.5 Å². The van der Waals surface area contributed by atoms with Crippen molar-refractivity contribution in [3.8, 4) is 0 Å². The van der Waals surface area contributed by atoms with Crippen LogP contribution < -0.4 is 0 Å². The number of amides is 1. The Morgan fingerprint density at radius 2 is 1.74 bits per heavy atom. The van der Waals surface area contributed by atoms with Crippen LogP contribution in [-0.4, -0.2) is 58.7 Å². The summed E-state index contributed by atoms with van der Waals surface area (Å²) < 4.78 is 0. The molecule has 1 aliphatic rings. The molecule has 0 bridgehead atoms. The monoisotopic (exact) mass is 443 g/mol. The highest BCUT2D eigenvalue weighted by Gasteiger charge is 2.45. The van der Waals surface area contributed by atoms with Crippen molar-refractivity contribution in [2.24, 2.45) is 0 Å². The normalized spacial score (nSPS) is 18.1. The molecule has 1 N–H and O–H groups in total. The summed E-state index contributed by atoms with van der Waals surface area (Å²) in [6.45, 7) is 1.05. The number of nitro groups is 1. The second-order valence-electron chi connectivity index (χ2n) is 7.50. The van der Waals surface area contributed by atoms with Crippen molar-refractivity contribution in [3.05, 3.63) is 80.4 Å². The summed E-state index contributed by atoms with van der Waals surface area (Å²) in [7, 11) is 3.83. The lowest BCUT2D eigenvalue weighted by atomic mass is 9.95. The molecule has 3 rings (SSSR count). The minimum absolute atomic E-state index is 0.0500. The van der Waals surface area contributed by atoms with E-state index in [2.05, 4.69) is 0 Å². The molecule has 1 aliphatic heterocycles. The van der Waals surface area contributed by atoms with Gasteiger partial charge in [-0.25, -0.2) is 0 Å². The first-order valence-corrected chi connectivity index (χ1v) is 10.0. The first-order valence-electron chi connectivity index (χ1n) is 9.64. The largest absolute Gasteiger partial charge is 0.507 e. The second kappa shape index (κ2) is 9.28. The quantitative estimate of drug-likeness (QED) is 0.230. The molecule has 0 aliphatic carbocycles. The number of likely N-dealkylation sites (tertiary alicyclic amines) is 1. The van der Waals surface area contributed by atoms with E-state index >= 15 is 0 Å². The van der Waals surface area contributed by atoms with E-state index in [0.717, 1.165) is 6.54 Å². The maximum absolute atomic E-state index is 12.9. The van der Waals surface area contributed by atoms with E-state index in [0.29, 0.717) is 23.6 Å². The number of ketones is 1. The number of rotatable bonds is 7. The van der Waals surface area contributed by atoms with Crippen molar-refractivity contribution < 1.29 is 19.6 Å². The maximum atomic E-state index is 12.9. The van der Waals surface area contributed by atoms with Gasteiger partial charge in [0, 0.05) is 29.3 Å². The number of Topliss-reactive ketones (excluding diaryl/α,β-unsaturated/α-hetero) is 1. The smallest absolute Gasteiger partial charge is 0.295 e. The molecule has 0 radical (unpaired) electrons. The first kappa shape index (κ1) is 22.5. The molecular formula is C22H22ClN3O5. The van der Waals surface area contributed by atoms with E-state index in [9.17, 15) is 24.8 Å². The van der Waals surface area contributed by atoms with Gasteiger partial charge < -0.3 is 14.9 Å². The van der Waals surface area contributed by atoms with Gasteiger partial charge in [-0.3, -0.25) is 19.7 Å². The molecule has 2 aromatic carbocycles. The Bertz CT molecular complexity index is 1030. The molecule has 0 aromatic heterocycles. The van der Waals surface area contributed by atoms with Crippen molar-refractivity contribution in [3.63, 3.8) is 0 Å². The lowest BCUT2D eigenvalue weighted by Crippen LogP contribution is -2.32. The Morgan fingerprint density at radius 1 is 1.13 bits per heavy atom. The molecule has 1 heterocycles. The van der Waals surface area contributed by atoms with Gasteiger partial charge in [-0.1, -0.05) is 23.7 Å². The van der Waals surface area contributed by atoms with Crippen LogP contribution in [0.15, 0.2) is 54.1 Å². The third kappa shape index (κ3) is 4.76. The Balaban J connectivity index is 2.07. The van der Waals surface area contributed by atoms with Gasteiger partial charge in [0.25, 0.3) is 17.4 Å². The number of hydrogen-bond donors (Lipinski definition) is 1. The van der Waals surface area contributed by atoms with Gasteiger partial charge in [-0.05, 0) is 56.9 Å². The van der Waals surface area contributed by atoms with Gasteiger partial charge in [0.2, 0.25) is 0 Å². The van der Waals surface area contributed by atoms with Gasteiger partial charge >= 0.3 is 0 Å². The zero-order valence-electron chi connectivity index (χ0n) is 17.1. The highest BCUT2D eigenvalue weighted by atomic mass is 35.5. The third-order valence-electron chi connectivity index (χ3n) is 5.08. The van der Waals surface area contributed by atoms with Crippen LogP contribution in [0.2, 0.25) is 5.02 Å². The molecule has 162 valence electrons. The molecule has 0 spiro atoms. The van der Waals surface area contributed by atoms with Crippen molar-refractivity contribution in [1.29, 1.82) is 0 Å². The lowest BCUT2D eigenvalue weighted by molar-refractivity contribution is -0.384. The van der Waals surface area contributed by atoms with E-state index in [-0.39, 0.29) is 22.6 Å². The van der Waals surface area contributed by atoms with E-state index in [1.165, 1.54) is 29.2 Å². The summed E-state index contributed by atoms with van der Waals surface area (Å²) in [6, 6.07) is 11.1. The molecule has 9 heteroatoms. The van der Waals surface area contributed by atoms with Gasteiger partial charge in [-0.2, -0.15) is 0 Å². The van der Waals surface area contributed by atoms with Crippen molar-refractivity contribution in [2.45, 2.75) is 12.5 Å². The summed E-state index contributed by atoms with van der Waals surface area (Å²) in [4.78, 5) is 39.5. The molecule has 8 nitrogen and oxygen atoms in total. The minimum Gasteiger partial charge on any atom is -0.507 e. The van der Waals surface area contributed by atoms with Crippen LogP contribution >= 0.6 is 11.6 Å². The number of hydrogen-bond acceptors (Lipinski definition) is 6. The van der Waals surface area contributed by atoms with Gasteiger partial charge in [0.15, 0.2) is 0 Å². The Morgan fingerprint density at radius 3 is 2.29 bits per heavy atom. The molecule has 1 unspecified atom stereocenters. The first-order chi connectivity index (χ1) is 14.7. The fourth-order valence-electron chi connectivity index (χ4n) is 3.56. The molecule has 1 amide bonds. The molecule has 31 heavy (non-hydrogen) atoms. The molecule has 1 atom stereocenters. The summed E-state index contributed by atoms with van der Waals surface area (Å²) in [5, 5.41) is 22.3. The summed E-state index contributed by atoms with van der Waals surface area (Å²) in [5.74, 6) is -1.86. The van der Waals surface area contributed by atoms with E-state index in [1.54, 1.807) is 24.3 Å². The fraction of sp³-hybridized carbons (Fsp3) is 0.273. The summed E-state index contributed by atoms with van der Waals surface area (Å²) in [5.41, 5.74) is 0.661. The molecule has 0 saturated carbocycles. The van der Waals surface area contributed by atoms with Crippen LogP contribution in [0.3, 0.4) is 0 Å². The minimum atomic E-state index is -0.791. The van der Waals surface area contributed by atoms with E-state index in [1.807, 2.05) is 19.0 Å². The number of halogens is 1. The SMILES string of the molecule is CN(C)CCCN1C(=O)C(=O)/C(=C(\O)c2ccc([N+](=O)[O-])cc2)C1c1ccc(Cl)cc1. The number of nitro benzene ring substituents is 1. The zero-order valence-corrected chi connectivity index (χ0v) is 17.9. The average molecular weight is 444 g/mol. The third-order valence-corrected chi connectivity index (χ3v) is 5.33. The van der Waals surface area contributed by atoms with Crippen molar-refractivity contribution in [1.82, 2.24) is 9.80 Å². The molecular weight excluding hydrogens is 422 g/mol. The van der Waals surface area contributed by atoms with Crippen LogP contribution in [0, 0.1) is 10.1 Å². The van der Waals surface area contributed by atoms with Crippen molar-refractivity contribution >= 4 is 34.7 Å². The number of aliphatic hydroxyl groups excluding tert-OH is 1. The summed E-state index contributed by atoms with van der Waals surface area (Å²) >= 11 is 6.00. The zero-order chi connectivity index (χ0) is 22.7. The number of carbonyl (C=O) groups excluding carboxylic acids is 2. The van der Waals surface area contributed by atoms with Gasteiger partial charge in [0.1, 0.15) is 5.76 Å². The Labute approximate surface area is 184 Å². The summed E-state index contributed by atoms with van der Waals surface area (Å²) in [6.07, 6.45) is 0.641. The number of non-ortho nitro benzene ring substituents is 1. The second-order valence-corrected chi connectivity index (χ2v) is 7.94. The predicted molar refractivity (Wildman–Crippen MR) is 117 cm³/mol. The number of aliphatic hydroxyl groups is 1. The standard InChI is InChI=1S/C22H22ClN3O5/c1-24(2)12-3-13-25-19(14-4-8-16(23)9-5-14)18(21(28)22(25)29)20(27)15-6-10-17(11-7-15)26(30)31/h4-11,19,27H,3,12-13H2,1-2H3/b20-18-. The highest BCUT2D eigenvalue weighted by Crippen LogP contribution is 2.39. The highest BCUT2D eigenvalue weighted by molar-refractivity contribution is 6.46. The van der Waals surface area contributed by atoms with Crippen LogP contribution in [-0.2, 0) is 9.59 Å². The molecule has 1 saturated heterocycles. The van der Waals surface area contributed by atoms with Crippen LogP contribution in [0.25, 0.3) is 5.76 Å². The number of nitrogens with zero attached hydrogens (tertiary/aromatic N) is 3. The molecule has 2 aromatic rings. The fourth-order valence-corrected chi connectivity index (χ4v) is 3.68. The topological polar surface area (TPSA) is 104 Å². The van der Waals surface area contributed by atoms with Crippen LogP contribution in [0.4, 0.5) is 5.69 Å². The molecule has 1 fully saturated rings. The Kier molecular flexibility index (Phi) is 6.72. The van der Waals surface area contributed by atoms with E-state index < -0.39 is 22.7 Å². The van der Waals surface area contributed by atoms with Crippen LogP contribution in [0.5, 0.6) is 0 Å². The van der Waals surface area contributed by atoms with Gasteiger partial charge in [-0.15, -0.1) is 0 Å². The predicted octanol–water partition coefficient (Wildman–Crippen LogP) is 3.62. The lowest BCUT2D eigenvalue weighted by Gasteiger charge is -2.26. The van der Waals surface area contributed by atoms with Crippen molar-refractivity contribution in [2.75, 3.05) is 27.2 Å².